The smallest absolute Gasteiger partial charge is 0.0470 e. The highest BCUT2D eigenvalue weighted by atomic mass is 15.1. The molecular weight excluding hydrogens is 208 g/mol. The van der Waals surface area contributed by atoms with E-state index >= 15 is 0 Å². The van der Waals surface area contributed by atoms with Crippen LogP contribution in [0.25, 0.3) is 0 Å². The van der Waals surface area contributed by atoms with Gasteiger partial charge in [-0.15, -0.1) is 0 Å². The number of hydrogen-bond acceptors (Lipinski definition) is 2. The summed E-state index contributed by atoms with van der Waals surface area (Å²) < 4.78 is 0. The van der Waals surface area contributed by atoms with Crippen molar-refractivity contribution in [1.82, 2.24) is 4.90 Å². The molecule has 0 aliphatic heterocycles. The lowest BCUT2D eigenvalue weighted by Crippen LogP contribution is -2.32. The van der Waals surface area contributed by atoms with Gasteiger partial charge in [0.05, 0.1) is 0 Å². The molecule has 0 saturated carbocycles. The van der Waals surface area contributed by atoms with Crippen LogP contribution in [0.15, 0.2) is 24.3 Å². The van der Waals surface area contributed by atoms with Crippen molar-refractivity contribution in [3.63, 3.8) is 0 Å². The van der Waals surface area contributed by atoms with E-state index in [0.29, 0.717) is 12.6 Å². The minimum Gasteiger partial charge on any atom is -0.329 e. The Morgan fingerprint density at radius 2 is 1.94 bits per heavy atom. The lowest BCUT2D eigenvalue weighted by molar-refractivity contribution is 0.245. The van der Waals surface area contributed by atoms with Crippen molar-refractivity contribution in [2.24, 2.45) is 5.73 Å². The molecular formula is C15H26N2. The highest BCUT2D eigenvalue weighted by molar-refractivity contribution is 5.30. The molecule has 2 heteroatoms. The number of nitrogens with two attached hydrogens (primary N) is 1. The Balaban J connectivity index is 2.84. The van der Waals surface area contributed by atoms with Gasteiger partial charge in [0.1, 0.15) is 0 Å². The first kappa shape index (κ1) is 14.2. The van der Waals surface area contributed by atoms with E-state index in [2.05, 4.69) is 50.1 Å². The number of aryl methyl sites for hydroxylation is 1. The quantitative estimate of drug-likeness (QED) is 0.786. The van der Waals surface area contributed by atoms with Crippen LogP contribution in [0.1, 0.15) is 43.9 Å². The van der Waals surface area contributed by atoms with E-state index in [0.717, 1.165) is 13.0 Å². The number of benzene rings is 1. The summed E-state index contributed by atoms with van der Waals surface area (Å²) in [7, 11) is 2.18. The second-order valence-electron chi connectivity index (χ2n) is 4.64. The predicted molar refractivity (Wildman–Crippen MR) is 75.2 cm³/mol. The molecule has 0 aromatic heterocycles. The topological polar surface area (TPSA) is 29.3 Å². The van der Waals surface area contributed by atoms with E-state index in [-0.39, 0.29) is 0 Å². The summed E-state index contributed by atoms with van der Waals surface area (Å²) in [5.74, 6) is 0. The third-order valence-corrected chi connectivity index (χ3v) is 3.41. The summed E-state index contributed by atoms with van der Waals surface area (Å²) in [6, 6.07) is 9.02. The Hall–Kier alpha value is -0.860. The van der Waals surface area contributed by atoms with E-state index in [1.807, 2.05) is 0 Å². The maximum absolute atomic E-state index is 5.96. The van der Waals surface area contributed by atoms with Crippen LogP contribution in [-0.4, -0.2) is 25.0 Å². The summed E-state index contributed by atoms with van der Waals surface area (Å²) in [5, 5.41) is 0. The lowest BCUT2D eigenvalue weighted by atomic mass is 9.97. The number of nitrogens with zero attached hydrogens (tertiary/aromatic N) is 1. The molecule has 17 heavy (non-hydrogen) atoms. The highest BCUT2D eigenvalue weighted by Gasteiger charge is 2.16. The molecule has 0 fully saturated rings. The fourth-order valence-corrected chi connectivity index (χ4v) is 2.29. The minimum absolute atomic E-state index is 0.359. The zero-order valence-corrected chi connectivity index (χ0v) is 11.4. The number of likely N-dealkylation sites (N-methyl/N-ethyl adjacent to an activating group) is 1. The molecule has 0 aliphatic carbocycles. The zero-order valence-electron chi connectivity index (χ0n) is 11.4. The average molecular weight is 234 g/mol. The van der Waals surface area contributed by atoms with Crippen molar-refractivity contribution in [3.8, 4) is 0 Å². The van der Waals surface area contributed by atoms with Gasteiger partial charge in [0.15, 0.2) is 0 Å². The molecule has 0 spiro atoms. The van der Waals surface area contributed by atoms with Crippen LogP contribution in [-0.2, 0) is 6.42 Å². The molecule has 1 unspecified atom stereocenters. The molecule has 0 amide bonds. The molecule has 96 valence electrons. The molecule has 1 aromatic rings. The molecule has 0 bridgehead atoms. The summed E-state index contributed by atoms with van der Waals surface area (Å²) >= 11 is 0. The standard InChI is InChI=1S/C15H26N2/c1-4-6-11-17(3)15(12-16)14-10-8-7-9-13(14)5-2/h7-10,15H,4-6,11-12,16H2,1-3H3. The third kappa shape index (κ3) is 3.83. The first-order chi connectivity index (χ1) is 8.24. The van der Waals surface area contributed by atoms with Crippen LogP contribution in [0, 0.1) is 0 Å². The Morgan fingerprint density at radius 1 is 1.24 bits per heavy atom. The van der Waals surface area contributed by atoms with E-state index < -0.39 is 0 Å². The molecule has 0 radical (unpaired) electrons. The summed E-state index contributed by atoms with van der Waals surface area (Å²) in [6.07, 6.45) is 3.55. The van der Waals surface area contributed by atoms with Crippen molar-refractivity contribution in [2.75, 3.05) is 20.1 Å². The summed E-state index contributed by atoms with van der Waals surface area (Å²) in [4.78, 5) is 2.39. The largest absolute Gasteiger partial charge is 0.329 e. The van der Waals surface area contributed by atoms with Crippen molar-refractivity contribution >= 4 is 0 Å². The van der Waals surface area contributed by atoms with Gasteiger partial charge in [0, 0.05) is 12.6 Å². The minimum atomic E-state index is 0.359. The Labute approximate surface area is 106 Å². The van der Waals surface area contributed by atoms with Crippen molar-refractivity contribution in [1.29, 1.82) is 0 Å². The summed E-state index contributed by atoms with van der Waals surface area (Å²) in [6.45, 7) is 6.25. The second kappa shape index (κ2) is 7.46. The van der Waals surface area contributed by atoms with Gasteiger partial charge in [0.2, 0.25) is 0 Å². The van der Waals surface area contributed by atoms with Crippen molar-refractivity contribution in [3.05, 3.63) is 35.4 Å². The van der Waals surface area contributed by atoms with Crippen LogP contribution in [0.5, 0.6) is 0 Å². The van der Waals surface area contributed by atoms with Gasteiger partial charge in [0.25, 0.3) is 0 Å². The zero-order chi connectivity index (χ0) is 12.7. The SMILES string of the molecule is CCCCN(C)C(CN)c1ccccc1CC. The fraction of sp³-hybridized carbons (Fsp3) is 0.600. The average Bonchev–Trinajstić information content (AvgIpc) is 2.37. The Morgan fingerprint density at radius 3 is 2.53 bits per heavy atom. The molecule has 1 aromatic carbocycles. The Bertz CT molecular complexity index is 322. The van der Waals surface area contributed by atoms with Gasteiger partial charge < -0.3 is 5.73 Å². The maximum Gasteiger partial charge on any atom is 0.0470 e. The lowest BCUT2D eigenvalue weighted by Gasteiger charge is -2.28. The van der Waals surface area contributed by atoms with E-state index in [9.17, 15) is 0 Å². The van der Waals surface area contributed by atoms with Crippen LogP contribution in [0.4, 0.5) is 0 Å². The number of hydrogen-bond donors (Lipinski definition) is 1. The van der Waals surface area contributed by atoms with E-state index in [1.165, 1.54) is 24.0 Å². The monoisotopic (exact) mass is 234 g/mol. The molecule has 1 rings (SSSR count). The number of unbranched alkanes of at least 4 members (excludes halogenated alkanes) is 1. The van der Waals surface area contributed by atoms with Gasteiger partial charge in [-0.1, -0.05) is 44.5 Å². The molecule has 1 atom stereocenters. The fourth-order valence-electron chi connectivity index (χ4n) is 2.29. The van der Waals surface area contributed by atoms with E-state index in [1.54, 1.807) is 0 Å². The second-order valence-corrected chi connectivity index (χ2v) is 4.64. The van der Waals surface area contributed by atoms with Crippen molar-refractivity contribution < 1.29 is 0 Å². The van der Waals surface area contributed by atoms with Crippen molar-refractivity contribution in [2.45, 2.75) is 39.2 Å². The molecule has 2 N–H and O–H groups in total. The summed E-state index contributed by atoms with van der Waals surface area (Å²) in [5.41, 5.74) is 8.78. The number of rotatable bonds is 7. The molecule has 0 aliphatic rings. The third-order valence-electron chi connectivity index (χ3n) is 3.41. The van der Waals surface area contributed by atoms with Crippen LogP contribution >= 0.6 is 0 Å². The predicted octanol–water partition coefficient (Wildman–Crippen LogP) is 2.98. The van der Waals surface area contributed by atoms with Gasteiger partial charge in [-0.2, -0.15) is 0 Å². The molecule has 0 saturated heterocycles. The molecule has 0 heterocycles. The Kier molecular flexibility index (Phi) is 6.23. The first-order valence-corrected chi connectivity index (χ1v) is 6.72. The van der Waals surface area contributed by atoms with Gasteiger partial charge in [-0.05, 0) is 37.6 Å². The normalized spacial score (nSPS) is 13.0. The highest BCUT2D eigenvalue weighted by Crippen LogP contribution is 2.22. The van der Waals surface area contributed by atoms with Crippen LogP contribution < -0.4 is 5.73 Å². The van der Waals surface area contributed by atoms with Crippen LogP contribution in [0.3, 0.4) is 0 Å². The van der Waals surface area contributed by atoms with E-state index in [4.69, 9.17) is 5.73 Å². The van der Waals surface area contributed by atoms with Crippen LogP contribution in [0.2, 0.25) is 0 Å². The van der Waals surface area contributed by atoms with Gasteiger partial charge in [-0.3, -0.25) is 4.90 Å². The van der Waals surface area contributed by atoms with Gasteiger partial charge in [-0.25, -0.2) is 0 Å². The maximum atomic E-state index is 5.96. The molecule has 2 nitrogen and oxygen atoms in total. The van der Waals surface area contributed by atoms with Gasteiger partial charge >= 0.3 is 0 Å². The first-order valence-electron chi connectivity index (χ1n) is 6.72.